The Kier molecular flexibility index (Phi) is 4.73. The second kappa shape index (κ2) is 6.08. The molecule has 1 N–H and O–H groups in total. The summed E-state index contributed by atoms with van der Waals surface area (Å²) >= 11 is 12.2. The molecule has 2 aromatic rings. The predicted molar refractivity (Wildman–Crippen MR) is 88.9 cm³/mol. The van der Waals surface area contributed by atoms with Crippen LogP contribution in [0.5, 0.6) is 0 Å². The Labute approximate surface area is 140 Å². The van der Waals surface area contributed by atoms with Crippen molar-refractivity contribution in [3.8, 4) is 0 Å². The Morgan fingerprint density at radius 2 is 1.45 bits per heavy atom. The predicted octanol–water partition coefficient (Wildman–Crippen LogP) is 3.92. The molecule has 0 aliphatic carbocycles. The zero-order valence-corrected chi connectivity index (χ0v) is 14.3. The summed E-state index contributed by atoms with van der Waals surface area (Å²) in [6.07, 6.45) is 0. The van der Waals surface area contributed by atoms with E-state index in [1.807, 2.05) is 0 Å². The molecule has 2 aromatic carbocycles. The fourth-order valence-electron chi connectivity index (χ4n) is 2.07. The quantitative estimate of drug-likeness (QED) is 0.841. The van der Waals surface area contributed by atoms with Crippen molar-refractivity contribution >= 4 is 38.9 Å². The van der Waals surface area contributed by atoms with Crippen molar-refractivity contribution < 1.29 is 13.5 Å². The number of hydrogen-bond acceptors (Lipinski definition) is 3. The van der Waals surface area contributed by atoms with E-state index in [4.69, 9.17) is 23.2 Å². The summed E-state index contributed by atoms with van der Waals surface area (Å²) in [5, 5.41) is 10.7. The SMILES string of the molecule is CC(C)(O)N(c1c(Cl)cccc1Cl)S(=O)(=O)c1ccccc1. The number of halogens is 2. The van der Waals surface area contributed by atoms with E-state index in [0.29, 0.717) is 0 Å². The summed E-state index contributed by atoms with van der Waals surface area (Å²) in [5.41, 5.74) is -1.69. The van der Waals surface area contributed by atoms with Crippen LogP contribution >= 0.6 is 23.2 Å². The van der Waals surface area contributed by atoms with Crippen molar-refractivity contribution in [1.82, 2.24) is 0 Å². The first-order valence-corrected chi connectivity index (χ1v) is 8.62. The summed E-state index contributed by atoms with van der Waals surface area (Å²) in [4.78, 5) is 0.0353. The molecule has 0 amide bonds. The maximum Gasteiger partial charge on any atom is 0.266 e. The molecule has 118 valence electrons. The molecule has 0 aliphatic heterocycles. The fourth-order valence-corrected chi connectivity index (χ4v) is 4.47. The molecule has 4 nitrogen and oxygen atoms in total. The largest absolute Gasteiger partial charge is 0.370 e. The third-order valence-electron chi connectivity index (χ3n) is 2.92. The second-order valence-electron chi connectivity index (χ2n) is 5.15. The molecule has 0 spiro atoms. The molecule has 0 heterocycles. The third-order valence-corrected chi connectivity index (χ3v) is 5.51. The van der Waals surface area contributed by atoms with Gasteiger partial charge in [0, 0.05) is 0 Å². The number of rotatable bonds is 4. The molecule has 0 saturated heterocycles. The van der Waals surface area contributed by atoms with E-state index in [0.717, 1.165) is 4.31 Å². The van der Waals surface area contributed by atoms with Crippen molar-refractivity contribution in [3.05, 3.63) is 58.6 Å². The van der Waals surface area contributed by atoms with E-state index in [1.165, 1.54) is 38.1 Å². The molecule has 0 unspecified atom stereocenters. The van der Waals surface area contributed by atoms with Gasteiger partial charge in [-0.3, -0.25) is 0 Å². The monoisotopic (exact) mass is 359 g/mol. The van der Waals surface area contributed by atoms with Gasteiger partial charge in [-0.15, -0.1) is 0 Å². The first-order chi connectivity index (χ1) is 10.2. The van der Waals surface area contributed by atoms with Crippen molar-refractivity contribution in [1.29, 1.82) is 0 Å². The maximum absolute atomic E-state index is 12.9. The summed E-state index contributed by atoms with van der Waals surface area (Å²) in [6.45, 7) is 2.71. The van der Waals surface area contributed by atoms with E-state index in [9.17, 15) is 13.5 Å². The molecule has 0 aromatic heterocycles. The van der Waals surface area contributed by atoms with Crippen LogP contribution < -0.4 is 4.31 Å². The van der Waals surface area contributed by atoms with Gasteiger partial charge in [0.05, 0.1) is 20.6 Å². The lowest BCUT2D eigenvalue weighted by Gasteiger charge is -2.35. The molecule has 0 radical (unpaired) electrons. The van der Waals surface area contributed by atoms with Gasteiger partial charge in [0.15, 0.2) is 0 Å². The molecular weight excluding hydrogens is 345 g/mol. The lowest BCUT2D eigenvalue weighted by molar-refractivity contribution is 0.0934. The van der Waals surface area contributed by atoms with Crippen molar-refractivity contribution in [2.45, 2.75) is 24.5 Å². The smallest absolute Gasteiger partial charge is 0.266 e. The molecule has 0 saturated carbocycles. The van der Waals surface area contributed by atoms with Gasteiger partial charge in [0.25, 0.3) is 10.0 Å². The Morgan fingerprint density at radius 1 is 0.955 bits per heavy atom. The molecular formula is C15H15Cl2NO3S. The van der Waals surface area contributed by atoms with Gasteiger partial charge in [-0.2, -0.15) is 0 Å². The van der Waals surface area contributed by atoms with Gasteiger partial charge in [-0.1, -0.05) is 47.5 Å². The van der Waals surface area contributed by atoms with E-state index in [2.05, 4.69) is 0 Å². The Bertz CT molecular complexity index is 751. The van der Waals surface area contributed by atoms with Crippen molar-refractivity contribution in [2.24, 2.45) is 0 Å². The molecule has 2 rings (SSSR count). The molecule has 0 fully saturated rings. The molecule has 0 bridgehead atoms. The Morgan fingerprint density at radius 3 is 1.91 bits per heavy atom. The lowest BCUT2D eigenvalue weighted by atomic mass is 10.2. The number of nitrogens with zero attached hydrogens (tertiary/aromatic N) is 1. The van der Waals surface area contributed by atoms with E-state index >= 15 is 0 Å². The van der Waals surface area contributed by atoms with Crippen molar-refractivity contribution in [2.75, 3.05) is 4.31 Å². The van der Waals surface area contributed by atoms with Gasteiger partial charge >= 0.3 is 0 Å². The number of benzene rings is 2. The van der Waals surface area contributed by atoms with Crippen LogP contribution in [0.1, 0.15) is 13.8 Å². The normalized spacial score (nSPS) is 12.2. The zero-order valence-electron chi connectivity index (χ0n) is 12.0. The average molecular weight is 360 g/mol. The van der Waals surface area contributed by atoms with Gasteiger partial charge in [0.1, 0.15) is 5.72 Å². The standard InChI is InChI=1S/C15H15Cl2NO3S/c1-15(2,19)18(14-12(16)9-6-10-13(14)17)22(20,21)11-7-4-3-5-8-11/h3-10,19H,1-2H3. The highest BCUT2D eigenvalue weighted by atomic mass is 35.5. The maximum atomic E-state index is 12.9. The number of anilines is 1. The van der Waals surface area contributed by atoms with Crippen LogP contribution in [0.3, 0.4) is 0 Å². The van der Waals surface area contributed by atoms with Gasteiger partial charge in [-0.05, 0) is 38.1 Å². The summed E-state index contributed by atoms with van der Waals surface area (Å²) < 4.78 is 26.7. The highest BCUT2D eigenvalue weighted by Crippen LogP contribution is 2.40. The van der Waals surface area contributed by atoms with E-state index < -0.39 is 15.7 Å². The average Bonchev–Trinajstić information content (AvgIpc) is 2.42. The van der Waals surface area contributed by atoms with E-state index in [1.54, 1.807) is 24.3 Å². The van der Waals surface area contributed by atoms with E-state index in [-0.39, 0.29) is 20.6 Å². The highest BCUT2D eigenvalue weighted by molar-refractivity contribution is 7.93. The zero-order chi connectivity index (χ0) is 16.5. The molecule has 7 heteroatoms. The molecule has 0 atom stereocenters. The number of aliphatic hydroxyl groups is 1. The summed E-state index contributed by atoms with van der Waals surface area (Å²) in [5.74, 6) is 0. The van der Waals surface area contributed by atoms with Crippen LogP contribution in [0, 0.1) is 0 Å². The minimum atomic E-state index is -4.04. The van der Waals surface area contributed by atoms with Gasteiger partial charge in [0.2, 0.25) is 0 Å². The number of para-hydroxylation sites is 1. The number of sulfonamides is 1. The Balaban J connectivity index is 2.73. The first kappa shape index (κ1) is 17.1. The number of hydrogen-bond donors (Lipinski definition) is 1. The fraction of sp³-hybridized carbons (Fsp3) is 0.200. The summed E-state index contributed by atoms with van der Waals surface area (Å²) in [7, 11) is -4.04. The molecule has 22 heavy (non-hydrogen) atoms. The van der Waals surface area contributed by atoms with Gasteiger partial charge in [-0.25, -0.2) is 12.7 Å². The lowest BCUT2D eigenvalue weighted by Crippen LogP contribution is -2.48. The minimum Gasteiger partial charge on any atom is -0.370 e. The minimum absolute atomic E-state index is 0.0353. The van der Waals surface area contributed by atoms with Crippen LogP contribution in [0.25, 0.3) is 0 Å². The van der Waals surface area contributed by atoms with Crippen LogP contribution in [0.2, 0.25) is 10.0 Å². The Hall–Kier alpha value is -1.27. The first-order valence-electron chi connectivity index (χ1n) is 6.42. The second-order valence-corrected chi connectivity index (χ2v) is 7.75. The topological polar surface area (TPSA) is 57.6 Å². The van der Waals surface area contributed by atoms with Gasteiger partial charge < -0.3 is 5.11 Å². The van der Waals surface area contributed by atoms with Crippen molar-refractivity contribution in [3.63, 3.8) is 0 Å². The van der Waals surface area contributed by atoms with Crippen LogP contribution in [-0.4, -0.2) is 19.2 Å². The third kappa shape index (κ3) is 3.22. The highest BCUT2D eigenvalue weighted by Gasteiger charge is 2.38. The van der Waals surface area contributed by atoms with Crippen LogP contribution in [0.15, 0.2) is 53.4 Å². The summed E-state index contributed by atoms with van der Waals surface area (Å²) in [6, 6.07) is 12.4. The van der Waals surface area contributed by atoms with Crippen LogP contribution in [0.4, 0.5) is 5.69 Å². The van der Waals surface area contributed by atoms with Crippen LogP contribution in [-0.2, 0) is 10.0 Å². The molecule has 0 aliphatic rings.